The summed E-state index contributed by atoms with van der Waals surface area (Å²) in [6.07, 6.45) is -5.86. The number of amides is 1. The minimum absolute atomic E-state index is 0.0890. The summed E-state index contributed by atoms with van der Waals surface area (Å²) < 4.78 is 39.0. The summed E-state index contributed by atoms with van der Waals surface area (Å²) in [6.45, 7) is 1.32. The van der Waals surface area contributed by atoms with Crippen LogP contribution in [0.2, 0.25) is 5.02 Å². The van der Waals surface area contributed by atoms with E-state index in [2.05, 4.69) is 5.10 Å². The third-order valence-electron chi connectivity index (χ3n) is 3.75. The number of carbonyl (C=O) groups excluding carboxylic acids is 1. The second kappa shape index (κ2) is 5.39. The lowest BCUT2D eigenvalue weighted by Crippen LogP contribution is -2.55. The van der Waals surface area contributed by atoms with Gasteiger partial charge in [-0.1, -0.05) is 11.6 Å². The van der Waals surface area contributed by atoms with Crippen molar-refractivity contribution in [1.29, 1.82) is 0 Å². The molecule has 6 nitrogen and oxygen atoms in total. The van der Waals surface area contributed by atoms with Gasteiger partial charge in [-0.05, 0) is 13.3 Å². The normalized spacial score (nSPS) is 26.4. The van der Waals surface area contributed by atoms with Crippen molar-refractivity contribution in [1.82, 2.24) is 14.7 Å². The number of aliphatic hydroxyl groups excluding tert-OH is 1. The summed E-state index contributed by atoms with van der Waals surface area (Å²) in [5, 5.41) is 22.1. The zero-order valence-electron chi connectivity index (χ0n) is 11.9. The van der Waals surface area contributed by atoms with Gasteiger partial charge >= 0.3 is 6.18 Å². The van der Waals surface area contributed by atoms with Crippen molar-refractivity contribution in [2.45, 2.75) is 31.2 Å². The second-order valence-corrected chi connectivity index (χ2v) is 5.88. The molecule has 1 aromatic heterocycles. The number of hydrogen-bond donors (Lipinski definition) is 2. The smallest absolute Gasteiger partial charge is 0.388 e. The molecule has 1 saturated heterocycles. The van der Waals surface area contributed by atoms with Crippen molar-refractivity contribution in [3.05, 3.63) is 16.4 Å². The van der Waals surface area contributed by atoms with Crippen LogP contribution in [-0.4, -0.2) is 55.6 Å². The van der Waals surface area contributed by atoms with Crippen LogP contribution in [0, 0.1) is 0 Å². The molecular formula is C12H15ClF3N3O3. The van der Waals surface area contributed by atoms with E-state index in [0.29, 0.717) is 0 Å². The first-order chi connectivity index (χ1) is 9.95. The van der Waals surface area contributed by atoms with Crippen LogP contribution >= 0.6 is 11.6 Å². The van der Waals surface area contributed by atoms with Crippen LogP contribution in [0.5, 0.6) is 0 Å². The molecular weight excluding hydrogens is 327 g/mol. The largest absolute Gasteiger partial charge is 0.436 e. The lowest BCUT2D eigenvalue weighted by Gasteiger charge is -2.39. The van der Waals surface area contributed by atoms with Gasteiger partial charge in [0.1, 0.15) is 10.7 Å². The molecule has 2 rings (SSSR count). The molecule has 0 saturated carbocycles. The van der Waals surface area contributed by atoms with Crippen LogP contribution in [0.3, 0.4) is 0 Å². The maximum Gasteiger partial charge on any atom is 0.436 e. The maximum absolute atomic E-state index is 12.8. The fraction of sp³-hybridized carbons (Fsp3) is 0.667. The molecule has 1 aliphatic rings. The molecule has 2 atom stereocenters. The van der Waals surface area contributed by atoms with Gasteiger partial charge in [0.05, 0.1) is 11.7 Å². The fourth-order valence-electron chi connectivity index (χ4n) is 2.27. The Labute approximate surface area is 129 Å². The molecule has 22 heavy (non-hydrogen) atoms. The molecule has 0 unspecified atom stereocenters. The van der Waals surface area contributed by atoms with E-state index in [1.807, 2.05) is 0 Å². The zero-order chi connectivity index (χ0) is 16.9. The number of aliphatic hydroxyl groups is 2. The Morgan fingerprint density at radius 1 is 1.50 bits per heavy atom. The average molecular weight is 342 g/mol. The number of likely N-dealkylation sites (tertiary alicyclic amines) is 1. The molecule has 124 valence electrons. The van der Waals surface area contributed by atoms with Gasteiger partial charge in [-0.25, -0.2) is 0 Å². The number of rotatable bonds is 1. The highest BCUT2D eigenvalue weighted by molar-refractivity contribution is 6.34. The van der Waals surface area contributed by atoms with E-state index in [0.717, 1.165) is 9.58 Å². The van der Waals surface area contributed by atoms with E-state index in [-0.39, 0.29) is 19.5 Å². The van der Waals surface area contributed by atoms with E-state index in [1.165, 1.54) is 14.0 Å². The van der Waals surface area contributed by atoms with Gasteiger partial charge in [0, 0.05) is 20.1 Å². The van der Waals surface area contributed by atoms with Gasteiger partial charge in [0.2, 0.25) is 0 Å². The highest BCUT2D eigenvalue weighted by Gasteiger charge is 2.42. The molecule has 1 aliphatic heterocycles. The Kier molecular flexibility index (Phi) is 4.18. The Morgan fingerprint density at radius 2 is 2.09 bits per heavy atom. The van der Waals surface area contributed by atoms with Crippen molar-refractivity contribution < 1.29 is 28.2 Å². The number of hydrogen-bond acceptors (Lipinski definition) is 4. The highest BCUT2D eigenvalue weighted by atomic mass is 35.5. The Hall–Kier alpha value is -1.32. The highest BCUT2D eigenvalue weighted by Crippen LogP contribution is 2.36. The van der Waals surface area contributed by atoms with E-state index >= 15 is 0 Å². The maximum atomic E-state index is 12.8. The Bertz CT molecular complexity index is 600. The van der Waals surface area contributed by atoms with Gasteiger partial charge < -0.3 is 15.1 Å². The third kappa shape index (κ3) is 2.92. The van der Waals surface area contributed by atoms with Crippen LogP contribution in [0.25, 0.3) is 0 Å². The molecule has 0 radical (unpaired) electrons. The van der Waals surface area contributed by atoms with E-state index in [4.69, 9.17) is 11.6 Å². The predicted octanol–water partition coefficient (Wildman–Crippen LogP) is 1.05. The lowest BCUT2D eigenvalue weighted by atomic mass is 9.90. The van der Waals surface area contributed by atoms with Gasteiger partial charge in [-0.3, -0.25) is 9.48 Å². The van der Waals surface area contributed by atoms with Crippen LogP contribution in [0.15, 0.2) is 0 Å². The number of alkyl halides is 3. The number of aromatic nitrogens is 2. The second-order valence-electron chi connectivity index (χ2n) is 5.51. The number of piperidine rings is 1. The average Bonchev–Trinajstić information content (AvgIpc) is 2.67. The number of carbonyl (C=O) groups is 1. The summed E-state index contributed by atoms with van der Waals surface area (Å²) in [6, 6.07) is 0. The van der Waals surface area contributed by atoms with E-state index in [1.54, 1.807) is 0 Å². The van der Waals surface area contributed by atoms with Crippen molar-refractivity contribution in [3.63, 3.8) is 0 Å². The van der Waals surface area contributed by atoms with Gasteiger partial charge in [-0.2, -0.15) is 18.3 Å². The molecule has 1 aromatic rings. The number of aryl methyl sites for hydroxylation is 1. The minimum atomic E-state index is -4.77. The quantitative estimate of drug-likeness (QED) is 0.800. The van der Waals surface area contributed by atoms with Crippen molar-refractivity contribution in [3.8, 4) is 0 Å². The SMILES string of the molecule is Cn1nc(C(F)(F)F)c(Cl)c1C(=O)N1CC[C@@](C)(O)[C@@H](O)C1. The molecule has 1 amide bonds. The summed E-state index contributed by atoms with van der Waals surface area (Å²) in [4.78, 5) is 13.5. The van der Waals surface area contributed by atoms with Gasteiger partial charge in [0.25, 0.3) is 5.91 Å². The fourth-order valence-corrected chi connectivity index (χ4v) is 2.62. The van der Waals surface area contributed by atoms with Gasteiger partial charge in [0.15, 0.2) is 5.69 Å². The van der Waals surface area contributed by atoms with E-state index < -0.39 is 40.2 Å². The molecule has 2 N–H and O–H groups in total. The number of halogens is 4. The topological polar surface area (TPSA) is 78.6 Å². The zero-order valence-corrected chi connectivity index (χ0v) is 12.6. The molecule has 1 fully saturated rings. The monoisotopic (exact) mass is 341 g/mol. The van der Waals surface area contributed by atoms with E-state index in [9.17, 15) is 28.2 Å². The van der Waals surface area contributed by atoms with Crippen LogP contribution in [-0.2, 0) is 13.2 Å². The first-order valence-corrected chi connectivity index (χ1v) is 6.82. The number of β-amino-alcohol motifs (C(OH)–C–C–N with tert-alkyl or cyclic N) is 1. The summed E-state index contributed by atoms with van der Waals surface area (Å²) in [5.41, 5.74) is -3.07. The van der Waals surface area contributed by atoms with Crippen molar-refractivity contribution in [2.75, 3.05) is 13.1 Å². The molecule has 0 spiro atoms. The van der Waals surface area contributed by atoms with Crippen LogP contribution < -0.4 is 0 Å². The van der Waals surface area contributed by atoms with Crippen LogP contribution in [0.4, 0.5) is 13.2 Å². The summed E-state index contributed by atoms with van der Waals surface area (Å²) >= 11 is 5.66. The third-order valence-corrected chi connectivity index (χ3v) is 4.10. The summed E-state index contributed by atoms with van der Waals surface area (Å²) in [5.74, 6) is -0.773. The summed E-state index contributed by atoms with van der Waals surface area (Å²) in [7, 11) is 1.19. The van der Waals surface area contributed by atoms with Crippen molar-refractivity contribution >= 4 is 17.5 Å². The molecule has 10 heteroatoms. The lowest BCUT2D eigenvalue weighted by molar-refractivity contribution is -0.141. The predicted molar refractivity (Wildman–Crippen MR) is 70.4 cm³/mol. The van der Waals surface area contributed by atoms with Gasteiger partial charge in [-0.15, -0.1) is 0 Å². The number of nitrogens with zero attached hydrogens (tertiary/aromatic N) is 3. The molecule has 2 heterocycles. The van der Waals surface area contributed by atoms with Crippen LogP contribution in [0.1, 0.15) is 29.5 Å². The minimum Gasteiger partial charge on any atom is -0.388 e. The molecule has 0 aliphatic carbocycles. The molecule has 0 bridgehead atoms. The first-order valence-electron chi connectivity index (χ1n) is 6.44. The van der Waals surface area contributed by atoms with Crippen molar-refractivity contribution in [2.24, 2.45) is 7.05 Å². The Balaban J connectivity index is 2.30. The standard InChI is InChI=1S/C12H15ClF3N3O3/c1-11(22)3-4-19(5-6(11)20)10(21)8-7(13)9(12(14,15)16)17-18(8)2/h6,20,22H,3-5H2,1-2H3/t6-,11+/m0/s1. The Morgan fingerprint density at radius 3 is 2.55 bits per heavy atom. The molecule has 0 aromatic carbocycles. The first kappa shape index (κ1) is 17.0.